The van der Waals surface area contributed by atoms with E-state index in [0.717, 1.165) is 32.7 Å². The van der Waals surface area contributed by atoms with Crippen molar-refractivity contribution in [1.82, 2.24) is 9.80 Å². The first-order valence-electron chi connectivity index (χ1n) is 9.94. The van der Waals surface area contributed by atoms with Gasteiger partial charge in [0.1, 0.15) is 0 Å². The molecule has 0 spiro atoms. The molecule has 1 fully saturated rings. The highest BCUT2D eigenvalue weighted by atomic mass is 16.2. The topological polar surface area (TPSA) is 23.6 Å². The lowest BCUT2D eigenvalue weighted by Crippen LogP contribution is -2.40. The van der Waals surface area contributed by atoms with E-state index < -0.39 is 0 Å². The predicted octanol–water partition coefficient (Wildman–Crippen LogP) is 4.04. The van der Waals surface area contributed by atoms with Crippen LogP contribution in [0.5, 0.6) is 0 Å². The van der Waals surface area contributed by atoms with Gasteiger partial charge in [-0.2, -0.15) is 0 Å². The Morgan fingerprint density at radius 2 is 1.65 bits per heavy atom. The van der Waals surface area contributed by atoms with Crippen molar-refractivity contribution in [1.29, 1.82) is 0 Å². The molecule has 136 valence electrons. The van der Waals surface area contributed by atoms with Crippen molar-refractivity contribution in [3.63, 3.8) is 0 Å². The summed E-state index contributed by atoms with van der Waals surface area (Å²) in [6.45, 7) is 4.71. The molecule has 0 N–H and O–H groups in total. The van der Waals surface area contributed by atoms with Crippen LogP contribution in [0.25, 0.3) is 0 Å². The number of fused-ring (bicyclic) bond motifs is 1. The van der Waals surface area contributed by atoms with Gasteiger partial charge in [-0.3, -0.25) is 9.69 Å². The van der Waals surface area contributed by atoms with Gasteiger partial charge in [-0.25, -0.2) is 0 Å². The number of nitrogens with zero attached hydrogens (tertiary/aromatic N) is 2. The zero-order valence-electron chi connectivity index (χ0n) is 15.4. The smallest absolute Gasteiger partial charge is 0.223 e. The molecule has 0 saturated carbocycles. The van der Waals surface area contributed by atoms with Crippen LogP contribution < -0.4 is 0 Å². The molecule has 0 unspecified atom stereocenters. The van der Waals surface area contributed by atoms with E-state index in [1.54, 1.807) is 0 Å². The molecule has 3 nitrogen and oxygen atoms in total. The fourth-order valence-electron chi connectivity index (χ4n) is 4.38. The van der Waals surface area contributed by atoms with Crippen LogP contribution in [0.4, 0.5) is 0 Å². The van der Waals surface area contributed by atoms with Crippen molar-refractivity contribution < 1.29 is 4.79 Å². The Bertz CT molecular complexity index is 737. The van der Waals surface area contributed by atoms with Crippen molar-refractivity contribution in [3.8, 4) is 0 Å². The van der Waals surface area contributed by atoms with E-state index in [9.17, 15) is 4.79 Å². The first-order chi connectivity index (χ1) is 12.8. The minimum Gasteiger partial charge on any atom is -0.343 e. The van der Waals surface area contributed by atoms with Gasteiger partial charge in [-0.1, -0.05) is 54.6 Å². The van der Waals surface area contributed by atoms with Gasteiger partial charge in [-0.15, -0.1) is 0 Å². The Morgan fingerprint density at radius 1 is 0.923 bits per heavy atom. The second kappa shape index (κ2) is 8.05. The normalized spacial score (nSPS) is 20.6. The molecule has 1 atom stereocenters. The van der Waals surface area contributed by atoms with Gasteiger partial charge < -0.3 is 4.90 Å². The van der Waals surface area contributed by atoms with Gasteiger partial charge in [0.25, 0.3) is 0 Å². The number of piperidine rings is 1. The maximum Gasteiger partial charge on any atom is 0.223 e. The number of rotatable bonds is 4. The van der Waals surface area contributed by atoms with Crippen LogP contribution in [0, 0.1) is 0 Å². The molecule has 2 aliphatic rings. The van der Waals surface area contributed by atoms with E-state index in [1.807, 2.05) is 0 Å². The molecular formula is C23H28N2O. The average molecular weight is 348 g/mol. The van der Waals surface area contributed by atoms with E-state index in [1.165, 1.54) is 36.0 Å². The third-order valence-corrected chi connectivity index (χ3v) is 5.82. The summed E-state index contributed by atoms with van der Waals surface area (Å²) in [5.41, 5.74) is 4.21. The minimum atomic E-state index is 0.333. The van der Waals surface area contributed by atoms with Gasteiger partial charge in [0.05, 0.1) is 0 Å². The van der Waals surface area contributed by atoms with Crippen LogP contribution in [-0.2, 0) is 11.3 Å². The first-order valence-corrected chi connectivity index (χ1v) is 9.94. The van der Waals surface area contributed by atoms with Crippen LogP contribution in [-0.4, -0.2) is 41.9 Å². The first kappa shape index (κ1) is 17.3. The van der Waals surface area contributed by atoms with Gasteiger partial charge in [0.2, 0.25) is 5.91 Å². The van der Waals surface area contributed by atoms with Crippen LogP contribution in [0.15, 0.2) is 54.6 Å². The lowest BCUT2D eigenvalue weighted by Gasteiger charge is -2.35. The third-order valence-electron chi connectivity index (χ3n) is 5.82. The fourth-order valence-corrected chi connectivity index (χ4v) is 4.38. The van der Waals surface area contributed by atoms with Crippen LogP contribution >= 0.6 is 0 Å². The number of carbonyl (C=O) groups is 1. The quantitative estimate of drug-likeness (QED) is 0.833. The summed E-state index contributed by atoms with van der Waals surface area (Å²) in [6, 6.07) is 19.6. The van der Waals surface area contributed by atoms with Crippen molar-refractivity contribution in [2.75, 3.05) is 26.2 Å². The minimum absolute atomic E-state index is 0.333. The number of hydrogen-bond donors (Lipinski definition) is 0. The van der Waals surface area contributed by atoms with Crippen LogP contribution in [0.1, 0.15) is 48.3 Å². The number of likely N-dealkylation sites (tertiary alicyclic amines) is 1. The van der Waals surface area contributed by atoms with E-state index in [2.05, 4.69) is 64.4 Å². The summed E-state index contributed by atoms with van der Waals surface area (Å²) < 4.78 is 0. The SMILES string of the molecule is O=C(CCN1Cc2ccccc2[C@@H](c2ccccc2)C1)N1CCCCC1. The summed E-state index contributed by atoms with van der Waals surface area (Å²) in [7, 11) is 0. The standard InChI is InChI=1S/C23H28N2O/c26-23(25-14-7-2-8-15-25)13-16-24-17-20-11-5-6-12-21(20)22(18-24)19-9-3-1-4-10-19/h1,3-6,9-12,22H,2,7-8,13-18H2/t22-/m1/s1. The zero-order valence-corrected chi connectivity index (χ0v) is 15.4. The molecule has 1 amide bonds. The number of amides is 1. The molecule has 26 heavy (non-hydrogen) atoms. The Hall–Kier alpha value is -2.13. The molecule has 2 heterocycles. The van der Waals surface area contributed by atoms with Crippen LogP contribution in [0.2, 0.25) is 0 Å². The van der Waals surface area contributed by atoms with Gasteiger partial charge in [-0.05, 0) is 36.0 Å². The van der Waals surface area contributed by atoms with E-state index in [4.69, 9.17) is 0 Å². The summed E-state index contributed by atoms with van der Waals surface area (Å²) in [5, 5.41) is 0. The summed E-state index contributed by atoms with van der Waals surface area (Å²) in [6.07, 6.45) is 4.24. The highest BCUT2D eigenvalue weighted by Gasteiger charge is 2.27. The lowest BCUT2D eigenvalue weighted by molar-refractivity contribution is -0.132. The van der Waals surface area contributed by atoms with E-state index in [-0.39, 0.29) is 0 Å². The van der Waals surface area contributed by atoms with Crippen molar-refractivity contribution >= 4 is 5.91 Å². The molecule has 3 heteroatoms. The maximum atomic E-state index is 12.5. The Morgan fingerprint density at radius 3 is 2.46 bits per heavy atom. The third kappa shape index (κ3) is 3.83. The molecule has 4 rings (SSSR count). The largest absolute Gasteiger partial charge is 0.343 e. The molecule has 0 aromatic heterocycles. The van der Waals surface area contributed by atoms with Crippen molar-refractivity contribution in [2.45, 2.75) is 38.1 Å². The van der Waals surface area contributed by atoms with E-state index in [0.29, 0.717) is 18.2 Å². The molecule has 2 aromatic carbocycles. The molecular weight excluding hydrogens is 320 g/mol. The van der Waals surface area contributed by atoms with Crippen molar-refractivity contribution in [3.05, 3.63) is 71.3 Å². The molecule has 0 bridgehead atoms. The lowest BCUT2D eigenvalue weighted by atomic mass is 9.84. The molecule has 2 aliphatic heterocycles. The molecule has 1 saturated heterocycles. The molecule has 2 aromatic rings. The highest BCUT2D eigenvalue weighted by molar-refractivity contribution is 5.76. The number of carbonyl (C=O) groups excluding carboxylic acids is 1. The number of hydrogen-bond acceptors (Lipinski definition) is 2. The molecule has 0 aliphatic carbocycles. The monoisotopic (exact) mass is 348 g/mol. The second-order valence-electron chi connectivity index (χ2n) is 7.59. The average Bonchev–Trinajstić information content (AvgIpc) is 2.72. The van der Waals surface area contributed by atoms with Crippen LogP contribution in [0.3, 0.4) is 0 Å². The number of benzene rings is 2. The summed E-state index contributed by atoms with van der Waals surface area (Å²) >= 11 is 0. The fraction of sp³-hybridized carbons (Fsp3) is 0.435. The van der Waals surface area contributed by atoms with Gasteiger partial charge >= 0.3 is 0 Å². The molecule has 0 radical (unpaired) electrons. The zero-order chi connectivity index (χ0) is 17.8. The van der Waals surface area contributed by atoms with Gasteiger partial charge in [0.15, 0.2) is 0 Å². The Balaban J connectivity index is 1.46. The predicted molar refractivity (Wildman–Crippen MR) is 105 cm³/mol. The Kier molecular flexibility index (Phi) is 5.35. The Labute approximate surface area is 156 Å². The van der Waals surface area contributed by atoms with Gasteiger partial charge in [0, 0.05) is 45.1 Å². The van der Waals surface area contributed by atoms with E-state index >= 15 is 0 Å². The second-order valence-corrected chi connectivity index (χ2v) is 7.59. The highest BCUT2D eigenvalue weighted by Crippen LogP contribution is 2.33. The summed E-state index contributed by atoms with van der Waals surface area (Å²) in [4.78, 5) is 17.1. The summed E-state index contributed by atoms with van der Waals surface area (Å²) in [5.74, 6) is 0.728. The maximum absolute atomic E-state index is 12.5. The van der Waals surface area contributed by atoms with Crippen molar-refractivity contribution in [2.24, 2.45) is 0 Å².